The molecular formula is C14H16ClNOS. The zero-order valence-electron chi connectivity index (χ0n) is 10.7. The van der Waals surface area contributed by atoms with Crippen LogP contribution in [0.25, 0.3) is 0 Å². The molecule has 0 aliphatic rings. The van der Waals surface area contributed by atoms with Gasteiger partial charge in [-0.1, -0.05) is 50.6 Å². The molecule has 2 rings (SSSR count). The van der Waals surface area contributed by atoms with Crippen LogP contribution in [0.3, 0.4) is 0 Å². The van der Waals surface area contributed by atoms with Crippen LogP contribution in [0.15, 0.2) is 30.5 Å². The zero-order valence-corrected chi connectivity index (χ0v) is 12.3. The summed E-state index contributed by atoms with van der Waals surface area (Å²) in [4.78, 5) is 5.04. The second kappa shape index (κ2) is 5.29. The van der Waals surface area contributed by atoms with Gasteiger partial charge in [-0.3, -0.25) is 0 Å². The fourth-order valence-electron chi connectivity index (χ4n) is 1.71. The summed E-state index contributed by atoms with van der Waals surface area (Å²) >= 11 is 7.25. The lowest BCUT2D eigenvalue weighted by Crippen LogP contribution is -2.13. The Hall–Kier alpha value is -1.06. The van der Waals surface area contributed by atoms with E-state index in [9.17, 15) is 0 Å². The highest BCUT2D eigenvalue weighted by atomic mass is 35.5. The van der Waals surface area contributed by atoms with E-state index in [4.69, 9.17) is 16.3 Å². The van der Waals surface area contributed by atoms with Gasteiger partial charge in [-0.2, -0.15) is 0 Å². The molecule has 18 heavy (non-hydrogen) atoms. The first-order valence-corrected chi connectivity index (χ1v) is 6.99. The Labute approximate surface area is 117 Å². The average Bonchev–Trinajstić information content (AvgIpc) is 2.72. The predicted molar refractivity (Wildman–Crippen MR) is 76.6 cm³/mol. The van der Waals surface area contributed by atoms with Crippen molar-refractivity contribution in [1.82, 2.24) is 4.98 Å². The molecule has 0 aliphatic carbocycles. The number of thiazole rings is 1. The van der Waals surface area contributed by atoms with Crippen LogP contribution < -0.4 is 4.74 Å². The minimum Gasteiger partial charge on any atom is -0.488 e. The number of benzene rings is 1. The lowest BCUT2D eigenvalue weighted by atomic mass is 9.86. The fourth-order valence-corrected chi connectivity index (χ4v) is 2.60. The number of halogens is 1. The van der Waals surface area contributed by atoms with Crippen molar-refractivity contribution in [3.8, 4) is 5.75 Å². The van der Waals surface area contributed by atoms with Crippen molar-refractivity contribution in [3.05, 3.63) is 45.4 Å². The number of hydrogen-bond donors (Lipinski definition) is 0. The number of para-hydroxylation sites is 1. The van der Waals surface area contributed by atoms with E-state index in [0.717, 1.165) is 10.6 Å². The van der Waals surface area contributed by atoms with E-state index in [1.165, 1.54) is 16.9 Å². The third kappa shape index (κ3) is 3.24. The van der Waals surface area contributed by atoms with E-state index in [0.29, 0.717) is 11.1 Å². The van der Waals surface area contributed by atoms with Crippen LogP contribution in [-0.2, 0) is 12.0 Å². The predicted octanol–water partition coefficient (Wildman–Crippen LogP) is 4.67. The third-order valence-corrected chi connectivity index (χ3v) is 3.68. The minimum atomic E-state index is 0.0714. The first-order chi connectivity index (χ1) is 8.47. The smallest absolute Gasteiger partial charge is 0.183 e. The quantitative estimate of drug-likeness (QED) is 0.815. The van der Waals surface area contributed by atoms with Gasteiger partial charge in [0, 0.05) is 6.20 Å². The van der Waals surface area contributed by atoms with Gasteiger partial charge < -0.3 is 4.74 Å². The highest BCUT2D eigenvalue weighted by Gasteiger charge is 2.18. The Morgan fingerprint density at radius 2 is 2.00 bits per heavy atom. The summed E-state index contributed by atoms with van der Waals surface area (Å²) in [6, 6.07) is 8.14. The van der Waals surface area contributed by atoms with Crippen LogP contribution in [0.2, 0.25) is 4.47 Å². The largest absolute Gasteiger partial charge is 0.488 e. The number of nitrogens with zero attached hydrogens (tertiary/aromatic N) is 1. The van der Waals surface area contributed by atoms with Gasteiger partial charge in [0.05, 0.1) is 4.88 Å². The molecule has 0 amide bonds. The van der Waals surface area contributed by atoms with Gasteiger partial charge in [-0.25, -0.2) is 4.98 Å². The maximum absolute atomic E-state index is 5.87. The molecule has 0 N–H and O–H groups in total. The SMILES string of the molecule is CC(C)(C)c1ccccc1OCc1cnc(Cl)s1. The molecule has 96 valence electrons. The Morgan fingerprint density at radius 1 is 1.28 bits per heavy atom. The maximum Gasteiger partial charge on any atom is 0.183 e. The van der Waals surface area contributed by atoms with E-state index < -0.39 is 0 Å². The molecule has 0 aliphatic heterocycles. The molecule has 0 saturated carbocycles. The second-order valence-electron chi connectivity index (χ2n) is 5.11. The molecule has 0 radical (unpaired) electrons. The highest BCUT2D eigenvalue weighted by molar-refractivity contribution is 7.15. The molecule has 1 aromatic heterocycles. The highest BCUT2D eigenvalue weighted by Crippen LogP contribution is 2.31. The minimum absolute atomic E-state index is 0.0714. The van der Waals surface area contributed by atoms with Crippen molar-refractivity contribution in [3.63, 3.8) is 0 Å². The molecule has 1 aromatic carbocycles. The molecule has 0 spiro atoms. The number of rotatable bonds is 3. The molecule has 4 heteroatoms. The molecule has 0 unspecified atom stereocenters. The van der Waals surface area contributed by atoms with Gasteiger partial charge in [0.15, 0.2) is 4.47 Å². The summed E-state index contributed by atoms with van der Waals surface area (Å²) in [5.41, 5.74) is 1.28. The summed E-state index contributed by atoms with van der Waals surface area (Å²) in [6.45, 7) is 7.05. The van der Waals surface area contributed by atoms with Gasteiger partial charge in [0.2, 0.25) is 0 Å². The molecule has 0 saturated heterocycles. The maximum atomic E-state index is 5.87. The van der Waals surface area contributed by atoms with Gasteiger partial charge in [0.1, 0.15) is 12.4 Å². The van der Waals surface area contributed by atoms with Crippen molar-refractivity contribution in [2.24, 2.45) is 0 Å². The first-order valence-electron chi connectivity index (χ1n) is 5.79. The van der Waals surface area contributed by atoms with Crippen LogP contribution in [0.5, 0.6) is 5.75 Å². The molecule has 0 atom stereocenters. The van der Waals surface area contributed by atoms with E-state index in [-0.39, 0.29) is 5.41 Å². The van der Waals surface area contributed by atoms with Crippen molar-refractivity contribution in [1.29, 1.82) is 0 Å². The van der Waals surface area contributed by atoms with Gasteiger partial charge >= 0.3 is 0 Å². The van der Waals surface area contributed by atoms with Crippen molar-refractivity contribution < 1.29 is 4.74 Å². The van der Waals surface area contributed by atoms with Crippen LogP contribution >= 0.6 is 22.9 Å². The Morgan fingerprint density at radius 3 is 2.61 bits per heavy atom. The fraction of sp³-hybridized carbons (Fsp3) is 0.357. The summed E-state index contributed by atoms with van der Waals surface area (Å²) < 4.78 is 6.43. The first kappa shape index (κ1) is 13.4. The molecule has 1 heterocycles. The van der Waals surface area contributed by atoms with E-state index >= 15 is 0 Å². The Balaban J connectivity index is 2.14. The van der Waals surface area contributed by atoms with E-state index in [1.54, 1.807) is 6.20 Å². The molecular weight excluding hydrogens is 266 g/mol. The van der Waals surface area contributed by atoms with E-state index in [2.05, 4.69) is 31.8 Å². The van der Waals surface area contributed by atoms with Crippen LogP contribution in [0, 0.1) is 0 Å². The summed E-state index contributed by atoms with van der Waals surface area (Å²) in [7, 11) is 0. The number of ether oxygens (including phenoxy) is 1. The topological polar surface area (TPSA) is 22.1 Å². The normalized spacial score (nSPS) is 11.6. The van der Waals surface area contributed by atoms with Crippen LogP contribution in [0.4, 0.5) is 0 Å². The summed E-state index contributed by atoms with van der Waals surface area (Å²) in [5, 5.41) is 0. The number of aromatic nitrogens is 1. The molecule has 0 bridgehead atoms. The Bertz CT molecular complexity index is 531. The zero-order chi connectivity index (χ0) is 13.2. The van der Waals surface area contributed by atoms with Gasteiger partial charge in [-0.15, -0.1) is 11.3 Å². The molecule has 0 fully saturated rings. The lowest BCUT2D eigenvalue weighted by Gasteiger charge is -2.22. The van der Waals surface area contributed by atoms with Crippen molar-refractivity contribution in [2.75, 3.05) is 0 Å². The summed E-state index contributed by atoms with van der Waals surface area (Å²) in [5.74, 6) is 0.925. The number of hydrogen-bond acceptors (Lipinski definition) is 3. The second-order valence-corrected chi connectivity index (χ2v) is 6.81. The Kier molecular flexibility index (Phi) is 3.93. The van der Waals surface area contributed by atoms with Crippen molar-refractivity contribution in [2.45, 2.75) is 32.8 Å². The lowest BCUT2D eigenvalue weighted by molar-refractivity contribution is 0.300. The van der Waals surface area contributed by atoms with Gasteiger partial charge in [0.25, 0.3) is 0 Å². The molecule has 2 aromatic rings. The van der Waals surface area contributed by atoms with Crippen molar-refractivity contribution >= 4 is 22.9 Å². The van der Waals surface area contributed by atoms with Crippen LogP contribution in [-0.4, -0.2) is 4.98 Å². The van der Waals surface area contributed by atoms with E-state index in [1.807, 2.05) is 18.2 Å². The standard InChI is InChI=1S/C14H16ClNOS/c1-14(2,3)11-6-4-5-7-12(11)17-9-10-8-16-13(15)18-10/h4-8H,9H2,1-3H3. The van der Waals surface area contributed by atoms with Gasteiger partial charge in [-0.05, 0) is 17.0 Å². The average molecular weight is 282 g/mol. The summed E-state index contributed by atoms with van der Waals surface area (Å²) in [6.07, 6.45) is 1.76. The monoisotopic (exact) mass is 281 g/mol. The van der Waals surface area contributed by atoms with Crippen LogP contribution in [0.1, 0.15) is 31.2 Å². The molecule has 2 nitrogen and oxygen atoms in total. The third-order valence-electron chi connectivity index (χ3n) is 2.59.